The number of carboxylic acids is 1. The van der Waals surface area contributed by atoms with Gasteiger partial charge in [0.05, 0.1) is 0 Å². The van der Waals surface area contributed by atoms with E-state index in [1.807, 2.05) is 0 Å². The summed E-state index contributed by atoms with van der Waals surface area (Å²) in [5.41, 5.74) is 0. The van der Waals surface area contributed by atoms with Crippen molar-refractivity contribution in [1.29, 1.82) is 0 Å². The smallest absolute Gasteiger partial charge is 1.00 e. The van der Waals surface area contributed by atoms with Crippen LogP contribution in [-0.2, 0) is 21.6 Å². The molecular weight excluding hydrogens is 218 g/mol. The van der Waals surface area contributed by atoms with Crippen LogP contribution >= 0.6 is 0 Å². The quantitative estimate of drug-likeness (QED) is 0.381. The fraction of sp³-hybridized carbons (Fsp3) is 0.500. The van der Waals surface area contributed by atoms with Gasteiger partial charge in [0, 0.05) is 5.97 Å². The van der Waals surface area contributed by atoms with Crippen molar-refractivity contribution in [3.63, 3.8) is 0 Å². The molecule has 39 valence electrons. The summed E-state index contributed by atoms with van der Waals surface area (Å²) in [5, 5.41) is 8.89. The van der Waals surface area contributed by atoms with E-state index in [2.05, 4.69) is 0 Å². The third kappa shape index (κ3) is 105. The van der Waals surface area contributed by atoms with Gasteiger partial charge in [-0.25, -0.2) is 0 Å². The molecule has 0 aromatic rings. The molecule has 0 fully saturated rings. The van der Waals surface area contributed by atoms with Crippen LogP contribution in [-0.4, -0.2) is 5.97 Å². The largest absolute Gasteiger partial charge is 2.00 e. The second kappa shape index (κ2) is 15.7. The maximum Gasteiger partial charge on any atom is 2.00 e. The van der Waals surface area contributed by atoms with Crippen LogP contribution in [0.4, 0.5) is 0 Å². The molecule has 0 aromatic heterocycles. The Labute approximate surface area is 85.3 Å². The summed E-state index contributed by atoms with van der Waals surface area (Å²) in [6.45, 7) is 0.972. The Morgan fingerprint density at radius 1 is 1.57 bits per heavy atom. The van der Waals surface area contributed by atoms with E-state index in [4.69, 9.17) is 9.90 Å². The normalized spacial score (nSPS) is 3.57. The molecule has 1 radical (unpaired) electrons. The minimum Gasteiger partial charge on any atom is -1.00 e. The number of hydrogen-bond acceptors (Lipinski definition) is 2. The summed E-state index contributed by atoms with van der Waals surface area (Å²) in [7, 11) is 0. The Morgan fingerprint density at radius 2 is 1.57 bits per heavy atom. The number of hydrogen-bond donors (Lipinski definition) is 0. The van der Waals surface area contributed by atoms with Gasteiger partial charge in [0.15, 0.2) is 0 Å². The second-order valence-electron chi connectivity index (χ2n) is 0.492. The van der Waals surface area contributed by atoms with Gasteiger partial charge in [0.25, 0.3) is 0 Å². The van der Waals surface area contributed by atoms with Crippen LogP contribution in [0.1, 0.15) is 6.92 Å². The molecule has 0 rings (SSSR count). The first-order valence-electron chi connectivity index (χ1n) is 0.908. The maximum absolute atomic E-state index is 8.89. The zero-order valence-corrected chi connectivity index (χ0v) is 8.65. The van der Waals surface area contributed by atoms with Gasteiger partial charge in [-0.15, -0.1) is 0 Å². The van der Waals surface area contributed by atoms with Crippen LogP contribution in [0.25, 0.3) is 0 Å². The molecule has 0 aromatic carbocycles. The zero-order chi connectivity index (χ0) is 3.58. The van der Waals surface area contributed by atoms with Gasteiger partial charge in [-0.05, 0) is 6.92 Å². The number of aliphatic carboxylic acids is 1. The molecular formula is C2H3BrCoNaO2+. The standard InChI is InChI=1S/C2H4O2.BrH.Co.Na/c1-2(3)4;;;/h1H3,(H,3,4);1H;;/q;;+2;+1/p-2. The van der Waals surface area contributed by atoms with Crippen LogP contribution in [0.2, 0.25) is 0 Å². The molecule has 0 unspecified atom stereocenters. The summed E-state index contributed by atoms with van der Waals surface area (Å²) in [5.74, 6) is -1.08. The first kappa shape index (κ1) is 23.7. The molecule has 0 saturated heterocycles. The van der Waals surface area contributed by atoms with Gasteiger partial charge in [0.2, 0.25) is 0 Å². The monoisotopic (exact) mass is 220 g/mol. The average molecular weight is 221 g/mol. The SMILES string of the molecule is CC(=O)[O-].[Br-].[Co+2].[Na+]. The third-order valence-electron chi connectivity index (χ3n) is 0. The minimum absolute atomic E-state index is 0. The van der Waals surface area contributed by atoms with E-state index in [9.17, 15) is 0 Å². The topological polar surface area (TPSA) is 40.1 Å². The van der Waals surface area contributed by atoms with Crippen molar-refractivity contribution < 1.29 is 73.2 Å². The Balaban J connectivity index is -0.0000000150. The molecule has 0 atom stereocenters. The Hall–Kier alpha value is 1.46. The molecule has 7 heavy (non-hydrogen) atoms. The van der Waals surface area contributed by atoms with Crippen LogP contribution in [0, 0.1) is 0 Å². The fourth-order valence-electron chi connectivity index (χ4n) is 0. The molecule has 0 saturated carbocycles. The molecule has 0 bridgehead atoms. The van der Waals surface area contributed by atoms with Gasteiger partial charge in [0.1, 0.15) is 0 Å². The van der Waals surface area contributed by atoms with Gasteiger partial charge in [-0.1, -0.05) is 0 Å². The van der Waals surface area contributed by atoms with E-state index in [0.717, 1.165) is 6.92 Å². The summed E-state index contributed by atoms with van der Waals surface area (Å²) < 4.78 is 0. The molecule has 0 amide bonds. The summed E-state index contributed by atoms with van der Waals surface area (Å²) >= 11 is 0. The summed E-state index contributed by atoms with van der Waals surface area (Å²) in [4.78, 5) is 8.89. The second-order valence-corrected chi connectivity index (χ2v) is 0.492. The summed E-state index contributed by atoms with van der Waals surface area (Å²) in [6.07, 6.45) is 0. The first-order valence-corrected chi connectivity index (χ1v) is 0.908. The number of carboxylic acid groups (broad SMARTS) is 1. The molecule has 0 aliphatic heterocycles. The van der Waals surface area contributed by atoms with E-state index in [1.54, 1.807) is 0 Å². The van der Waals surface area contributed by atoms with E-state index < -0.39 is 5.97 Å². The van der Waals surface area contributed by atoms with E-state index >= 15 is 0 Å². The molecule has 2 nitrogen and oxygen atoms in total. The van der Waals surface area contributed by atoms with E-state index in [-0.39, 0.29) is 63.3 Å². The summed E-state index contributed by atoms with van der Waals surface area (Å²) in [6, 6.07) is 0. The number of rotatable bonds is 0. The Kier molecular flexibility index (Phi) is 52.9. The Morgan fingerprint density at radius 3 is 1.57 bits per heavy atom. The van der Waals surface area contributed by atoms with Gasteiger partial charge in [-0.2, -0.15) is 0 Å². The average Bonchev–Trinajstić information content (AvgIpc) is 0.811. The van der Waals surface area contributed by atoms with Crippen molar-refractivity contribution in [3.05, 3.63) is 0 Å². The Bertz CT molecular complexity index is 38.7. The predicted molar refractivity (Wildman–Crippen MR) is 10.7 cm³/mol. The number of carbonyl (C=O) groups excluding carboxylic acids is 1. The van der Waals surface area contributed by atoms with Crippen LogP contribution in [0.3, 0.4) is 0 Å². The molecule has 5 heteroatoms. The van der Waals surface area contributed by atoms with Crippen molar-refractivity contribution in [3.8, 4) is 0 Å². The van der Waals surface area contributed by atoms with E-state index in [1.165, 1.54) is 0 Å². The molecule has 0 heterocycles. The van der Waals surface area contributed by atoms with Crippen molar-refractivity contribution in [2.24, 2.45) is 0 Å². The van der Waals surface area contributed by atoms with Crippen LogP contribution in [0.15, 0.2) is 0 Å². The number of carbonyl (C=O) groups is 1. The van der Waals surface area contributed by atoms with Crippen LogP contribution in [0.5, 0.6) is 0 Å². The molecule has 0 aliphatic carbocycles. The van der Waals surface area contributed by atoms with Crippen molar-refractivity contribution in [2.45, 2.75) is 6.92 Å². The van der Waals surface area contributed by atoms with Crippen molar-refractivity contribution >= 4 is 5.97 Å². The van der Waals surface area contributed by atoms with Crippen molar-refractivity contribution in [2.75, 3.05) is 0 Å². The number of halogens is 1. The molecule has 0 aliphatic rings. The third-order valence-corrected chi connectivity index (χ3v) is 0. The maximum atomic E-state index is 8.89. The molecule has 0 N–H and O–H groups in total. The minimum atomic E-state index is -1.08. The van der Waals surface area contributed by atoms with E-state index in [0.29, 0.717) is 0 Å². The van der Waals surface area contributed by atoms with Gasteiger partial charge < -0.3 is 26.9 Å². The fourth-order valence-corrected chi connectivity index (χ4v) is 0. The van der Waals surface area contributed by atoms with Gasteiger partial charge >= 0.3 is 46.3 Å². The predicted octanol–water partition coefficient (Wildman–Crippen LogP) is -7.24. The van der Waals surface area contributed by atoms with Crippen molar-refractivity contribution in [1.82, 2.24) is 0 Å². The first-order chi connectivity index (χ1) is 1.73. The van der Waals surface area contributed by atoms with Gasteiger partial charge in [-0.3, -0.25) is 0 Å². The van der Waals surface area contributed by atoms with Crippen LogP contribution < -0.4 is 51.6 Å². The zero-order valence-electron chi connectivity index (χ0n) is 4.03. The molecule has 0 spiro atoms.